The zero-order valence-electron chi connectivity index (χ0n) is 11.8. The van der Waals surface area contributed by atoms with Crippen LogP contribution in [0.1, 0.15) is 25.5 Å². The topological polar surface area (TPSA) is 74.0 Å². The Morgan fingerprint density at radius 1 is 1.55 bits per heavy atom. The van der Waals surface area contributed by atoms with E-state index in [-0.39, 0.29) is 6.03 Å². The predicted octanol–water partition coefficient (Wildman–Crippen LogP) is 2.02. The Balaban J connectivity index is 2.04. The first-order chi connectivity index (χ1) is 9.49. The lowest BCUT2D eigenvalue weighted by atomic mass is 9.93. The van der Waals surface area contributed by atoms with Crippen LogP contribution in [0.15, 0.2) is 22.8 Å². The monoisotopic (exact) mass is 280 g/mol. The SMILES string of the molecule is CC1CCN(C(=O)N(C)Cc2ccco2)C(C(=O)O)C1. The van der Waals surface area contributed by atoms with Crippen molar-refractivity contribution in [2.75, 3.05) is 13.6 Å². The van der Waals surface area contributed by atoms with Crippen LogP contribution >= 0.6 is 0 Å². The van der Waals surface area contributed by atoms with Gasteiger partial charge in [-0.15, -0.1) is 0 Å². The predicted molar refractivity (Wildman–Crippen MR) is 72.1 cm³/mol. The fourth-order valence-corrected chi connectivity index (χ4v) is 2.53. The number of urea groups is 1. The molecule has 0 radical (unpaired) electrons. The van der Waals surface area contributed by atoms with Gasteiger partial charge in [0.05, 0.1) is 12.8 Å². The molecular weight excluding hydrogens is 260 g/mol. The lowest BCUT2D eigenvalue weighted by Gasteiger charge is -2.37. The number of furan rings is 1. The summed E-state index contributed by atoms with van der Waals surface area (Å²) < 4.78 is 5.20. The van der Waals surface area contributed by atoms with Crippen molar-refractivity contribution in [2.45, 2.75) is 32.4 Å². The minimum Gasteiger partial charge on any atom is -0.480 e. The molecule has 1 fully saturated rings. The number of carboxylic acid groups (broad SMARTS) is 1. The summed E-state index contributed by atoms with van der Waals surface area (Å²) in [7, 11) is 1.65. The molecular formula is C14H20N2O4. The number of aliphatic carboxylic acids is 1. The first-order valence-electron chi connectivity index (χ1n) is 6.76. The Morgan fingerprint density at radius 3 is 2.90 bits per heavy atom. The molecule has 2 heterocycles. The van der Waals surface area contributed by atoms with Crippen LogP contribution in [-0.2, 0) is 11.3 Å². The molecule has 0 spiro atoms. The van der Waals surface area contributed by atoms with Crippen LogP contribution in [0.25, 0.3) is 0 Å². The average molecular weight is 280 g/mol. The second-order valence-corrected chi connectivity index (χ2v) is 5.39. The molecule has 1 N–H and O–H groups in total. The van der Waals surface area contributed by atoms with Crippen LogP contribution in [0.2, 0.25) is 0 Å². The van der Waals surface area contributed by atoms with Crippen molar-refractivity contribution < 1.29 is 19.1 Å². The number of nitrogens with zero attached hydrogens (tertiary/aromatic N) is 2. The van der Waals surface area contributed by atoms with E-state index >= 15 is 0 Å². The lowest BCUT2D eigenvalue weighted by Crippen LogP contribution is -2.53. The van der Waals surface area contributed by atoms with Crippen molar-refractivity contribution in [3.8, 4) is 0 Å². The highest BCUT2D eigenvalue weighted by Gasteiger charge is 2.36. The third-order valence-electron chi connectivity index (χ3n) is 3.70. The Bertz CT molecular complexity index is 472. The highest BCUT2D eigenvalue weighted by molar-refractivity contribution is 5.82. The molecule has 0 saturated carbocycles. The lowest BCUT2D eigenvalue weighted by molar-refractivity contribution is -0.144. The number of hydrogen-bond donors (Lipinski definition) is 1. The Morgan fingerprint density at radius 2 is 2.30 bits per heavy atom. The van der Waals surface area contributed by atoms with Gasteiger partial charge in [0, 0.05) is 13.6 Å². The second-order valence-electron chi connectivity index (χ2n) is 5.39. The number of carbonyl (C=O) groups excluding carboxylic acids is 1. The zero-order valence-corrected chi connectivity index (χ0v) is 11.8. The summed E-state index contributed by atoms with van der Waals surface area (Å²) in [6.45, 7) is 2.84. The van der Waals surface area contributed by atoms with Gasteiger partial charge >= 0.3 is 12.0 Å². The maximum Gasteiger partial charge on any atom is 0.326 e. The Hall–Kier alpha value is -1.98. The molecule has 2 unspecified atom stereocenters. The molecule has 1 aromatic rings. The van der Waals surface area contributed by atoms with Gasteiger partial charge in [0.2, 0.25) is 0 Å². The standard InChI is InChI=1S/C14H20N2O4/c1-10-5-6-16(12(8-10)13(17)18)14(19)15(2)9-11-4-3-7-20-11/h3-4,7,10,12H,5-6,8-9H2,1-2H3,(H,17,18). The maximum absolute atomic E-state index is 12.4. The molecule has 1 aromatic heterocycles. The summed E-state index contributed by atoms with van der Waals surface area (Å²) in [4.78, 5) is 26.7. The van der Waals surface area contributed by atoms with Crippen molar-refractivity contribution in [1.82, 2.24) is 9.80 Å². The van der Waals surface area contributed by atoms with E-state index in [1.807, 2.05) is 6.92 Å². The van der Waals surface area contributed by atoms with Crippen LogP contribution in [-0.4, -0.2) is 46.5 Å². The molecule has 0 aliphatic carbocycles. The number of amides is 2. The van der Waals surface area contributed by atoms with Gasteiger partial charge in [-0.2, -0.15) is 0 Å². The Labute approximate surface area is 118 Å². The normalized spacial score (nSPS) is 22.6. The van der Waals surface area contributed by atoms with E-state index in [4.69, 9.17) is 4.42 Å². The first-order valence-corrected chi connectivity index (χ1v) is 6.76. The van der Waals surface area contributed by atoms with E-state index in [2.05, 4.69) is 0 Å². The molecule has 0 aromatic carbocycles. The van der Waals surface area contributed by atoms with Gasteiger partial charge in [0.1, 0.15) is 11.8 Å². The third kappa shape index (κ3) is 3.12. The minimum atomic E-state index is -0.934. The van der Waals surface area contributed by atoms with Crippen LogP contribution in [0.5, 0.6) is 0 Å². The number of carboxylic acids is 1. The molecule has 6 nitrogen and oxygen atoms in total. The fourth-order valence-electron chi connectivity index (χ4n) is 2.53. The highest BCUT2D eigenvalue weighted by Crippen LogP contribution is 2.24. The largest absolute Gasteiger partial charge is 0.480 e. The van der Waals surface area contributed by atoms with E-state index in [0.29, 0.717) is 31.2 Å². The van der Waals surface area contributed by atoms with Crippen LogP contribution < -0.4 is 0 Å². The summed E-state index contributed by atoms with van der Waals surface area (Å²) in [5, 5.41) is 9.28. The average Bonchev–Trinajstić information content (AvgIpc) is 2.90. The molecule has 1 aliphatic rings. The summed E-state index contributed by atoms with van der Waals surface area (Å²) >= 11 is 0. The van der Waals surface area contributed by atoms with Gasteiger partial charge in [-0.25, -0.2) is 9.59 Å². The van der Waals surface area contributed by atoms with E-state index in [9.17, 15) is 14.7 Å². The van der Waals surface area contributed by atoms with Crippen LogP contribution in [0.4, 0.5) is 4.79 Å². The van der Waals surface area contributed by atoms with Crippen molar-refractivity contribution in [2.24, 2.45) is 5.92 Å². The number of carbonyl (C=O) groups is 2. The number of likely N-dealkylation sites (tertiary alicyclic amines) is 1. The summed E-state index contributed by atoms with van der Waals surface area (Å²) in [5.41, 5.74) is 0. The minimum absolute atomic E-state index is 0.263. The van der Waals surface area contributed by atoms with Crippen LogP contribution in [0.3, 0.4) is 0 Å². The molecule has 0 bridgehead atoms. The molecule has 1 aliphatic heterocycles. The van der Waals surface area contributed by atoms with Gasteiger partial charge in [-0.3, -0.25) is 0 Å². The molecule has 6 heteroatoms. The van der Waals surface area contributed by atoms with Gasteiger partial charge in [0.15, 0.2) is 0 Å². The molecule has 2 rings (SSSR count). The Kier molecular flexibility index (Phi) is 4.32. The van der Waals surface area contributed by atoms with Crippen LogP contribution in [0, 0.1) is 5.92 Å². The van der Waals surface area contributed by atoms with Crippen molar-refractivity contribution in [3.05, 3.63) is 24.2 Å². The number of hydrogen-bond acceptors (Lipinski definition) is 3. The summed E-state index contributed by atoms with van der Waals surface area (Å²) in [6, 6.07) is 2.55. The summed E-state index contributed by atoms with van der Waals surface area (Å²) in [5.74, 6) is 0.0740. The highest BCUT2D eigenvalue weighted by atomic mass is 16.4. The van der Waals surface area contributed by atoms with Gasteiger partial charge in [0.25, 0.3) is 0 Å². The van der Waals surface area contributed by atoms with E-state index in [1.165, 1.54) is 9.80 Å². The number of rotatable bonds is 3. The van der Waals surface area contributed by atoms with E-state index < -0.39 is 12.0 Å². The second kappa shape index (κ2) is 5.98. The molecule has 2 atom stereocenters. The molecule has 110 valence electrons. The van der Waals surface area contributed by atoms with Gasteiger partial charge in [-0.1, -0.05) is 6.92 Å². The summed E-state index contributed by atoms with van der Waals surface area (Å²) in [6.07, 6.45) is 2.90. The smallest absolute Gasteiger partial charge is 0.326 e. The zero-order chi connectivity index (χ0) is 14.7. The van der Waals surface area contributed by atoms with Gasteiger partial charge < -0.3 is 19.3 Å². The van der Waals surface area contributed by atoms with Gasteiger partial charge in [-0.05, 0) is 30.9 Å². The third-order valence-corrected chi connectivity index (χ3v) is 3.70. The van der Waals surface area contributed by atoms with Crippen molar-refractivity contribution >= 4 is 12.0 Å². The molecule has 20 heavy (non-hydrogen) atoms. The van der Waals surface area contributed by atoms with Crippen molar-refractivity contribution in [1.29, 1.82) is 0 Å². The van der Waals surface area contributed by atoms with E-state index in [0.717, 1.165) is 6.42 Å². The quantitative estimate of drug-likeness (QED) is 0.919. The van der Waals surface area contributed by atoms with E-state index in [1.54, 1.807) is 25.4 Å². The number of piperidine rings is 1. The molecule has 2 amide bonds. The van der Waals surface area contributed by atoms with Crippen molar-refractivity contribution in [3.63, 3.8) is 0 Å². The first kappa shape index (κ1) is 14.4. The fraction of sp³-hybridized carbons (Fsp3) is 0.571. The maximum atomic E-state index is 12.4. The molecule has 1 saturated heterocycles.